The Hall–Kier alpha value is -2.07. The molecule has 2 aromatic rings. The zero-order valence-electron chi connectivity index (χ0n) is 13.0. The minimum Gasteiger partial charge on any atom is -0.497 e. The van der Waals surface area contributed by atoms with Gasteiger partial charge in [-0.15, -0.1) is 0 Å². The molecule has 1 heterocycles. The van der Waals surface area contributed by atoms with Gasteiger partial charge in [-0.2, -0.15) is 0 Å². The van der Waals surface area contributed by atoms with E-state index in [2.05, 4.69) is 24.1 Å². The Kier molecular flexibility index (Phi) is 5.17. The van der Waals surface area contributed by atoms with Crippen molar-refractivity contribution < 1.29 is 9.47 Å². The first-order chi connectivity index (χ1) is 10.2. The fraction of sp³-hybridized carbons (Fsp3) is 0.353. The van der Waals surface area contributed by atoms with E-state index in [1.54, 1.807) is 14.2 Å². The molecule has 0 aliphatic heterocycles. The first kappa shape index (κ1) is 15.3. The molecule has 0 aliphatic carbocycles. The zero-order chi connectivity index (χ0) is 15.2. The summed E-state index contributed by atoms with van der Waals surface area (Å²) in [4.78, 5) is 4.05. The number of hydrogen-bond acceptors (Lipinski definition) is 4. The molecule has 1 N–H and O–H groups in total. The molecule has 112 valence electrons. The number of benzene rings is 1. The quantitative estimate of drug-likeness (QED) is 0.882. The van der Waals surface area contributed by atoms with E-state index in [1.807, 2.05) is 42.7 Å². The highest BCUT2D eigenvalue weighted by Gasteiger charge is 2.15. The van der Waals surface area contributed by atoms with E-state index >= 15 is 0 Å². The van der Waals surface area contributed by atoms with Crippen LogP contribution in [-0.2, 0) is 0 Å². The number of pyridine rings is 1. The van der Waals surface area contributed by atoms with Crippen molar-refractivity contribution in [1.82, 2.24) is 10.3 Å². The molecule has 4 nitrogen and oxygen atoms in total. The standard InChI is InChI=1S/C17H22N2O2/c1-12(14-7-9-18-10-8-14)19-13(2)16-11-15(20-3)5-6-17(16)21-4/h5-13,19H,1-4H3. The summed E-state index contributed by atoms with van der Waals surface area (Å²) < 4.78 is 10.8. The predicted molar refractivity (Wildman–Crippen MR) is 83.7 cm³/mol. The van der Waals surface area contributed by atoms with E-state index in [9.17, 15) is 0 Å². The van der Waals surface area contributed by atoms with Gasteiger partial charge in [-0.1, -0.05) is 0 Å². The Morgan fingerprint density at radius 2 is 1.67 bits per heavy atom. The van der Waals surface area contributed by atoms with Crippen LogP contribution in [0.3, 0.4) is 0 Å². The number of ether oxygens (including phenoxy) is 2. The van der Waals surface area contributed by atoms with Crippen molar-refractivity contribution in [1.29, 1.82) is 0 Å². The maximum Gasteiger partial charge on any atom is 0.123 e. The van der Waals surface area contributed by atoms with Crippen molar-refractivity contribution in [3.63, 3.8) is 0 Å². The number of aromatic nitrogens is 1. The number of rotatable bonds is 6. The molecule has 0 saturated heterocycles. The highest BCUT2D eigenvalue weighted by molar-refractivity contribution is 5.42. The van der Waals surface area contributed by atoms with Crippen LogP contribution in [0.5, 0.6) is 11.5 Å². The summed E-state index contributed by atoms with van der Waals surface area (Å²) in [5.74, 6) is 1.69. The first-order valence-electron chi connectivity index (χ1n) is 7.03. The minimum atomic E-state index is 0.137. The van der Waals surface area contributed by atoms with Crippen LogP contribution in [0.25, 0.3) is 0 Å². The summed E-state index contributed by atoms with van der Waals surface area (Å²) in [6, 6.07) is 10.2. The molecular weight excluding hydrogens is 264 g/mol. The van der Waals surface area contributed by atoms with Crippen molar-refractivity contribution in [3.8, 4) is 11.5 Å². The largest absolute Gasteiger partial charge is 0.497 e. The van der Waals surface area contributed by atoms with Crippen LogP contribution >= 0.6 is 0 Å². The predicted octanol–water partition coefficient (Wildman–Crippen LogP) is 3.51. The Morgan fingerprint density at radius 1 is 0.952 bits per heavy atom. The van der Waals surface area contributed by atoms with Gasteiger partial charge in [0.2, 0.25) is 0 Å². The van der Waals surface area contributed by atoms with E-state index in [1.165, 1.54) is 5.56 Å². The molecular formula is C17H22N2O2. The fourth-order valence-corrected chi connectivity index (χ4v) is 2.39. The summed E-state index contributed by atoms with van der Waals surface area (Å²) >= 11 is 0. The van der Waals surface area contributed by atoms with Gasteiger partial charge >= 0.3 is 0 Å². The lowest BCUT2D eigenvalue weighted by Crippen LogP contribution is -2.23. The molecule has 0 bridgehead atoms. The Bertz CT molecular complexity index is 572. The van der Waals surface area contributed by atoms with Gasteiger partial charge in [-0.3, -0.25) is 4.98 Å². The number of methoxy groups -OCH3 is 2. The second kappa shape index (κ2) is 7.09. The van der Waals surface area contributed by atoms with E-state index in [-0.39, 0.29) is 12.1 Å². The summed E-state index contributed by atoms with van der Waals surface area (Å²) in [5.41, 5.74) is 2.29. The normalized spacial score (nSPS) is 13.5. The van der Waals surface area contributed by atoms with Gasteiger partial charge in [0.1, 0.15) is 11.5 Å². The van der Waals surface area contributed by atoms with Crippen LogP contribution in [0, 0.1) is 0 Å². The lowest BCUT2D eigenvalue weighted by molar-refractivity contribution is 0.387. The van der Waals surface area contributed by atoms with Gasteiger partial charge in [0.15, 0.2) is 0 Å². The molecule has 21 heavy (non-hydrogen) atoms. The van der Waals surface area contributed by atoms with Gasteiger partial charge in [-0.25, -0.2) is 0 Å². The van der Waals surface area contributed by atoms with E-state index in [4.69, 9.17) is 9.47 Å². The van der Waals surface area contributed by atoms with Crippen LogP contribution in [0.1, 0.15) is 37.1 Å². The van der Waals surface area contributed by atoms with E-state index in [0.29, 0.717) is 0 Å². The number of nitrogens with zero attached hydrogens (tertiary/aromatic N) is 1. The maximum absolute atomic E-state index is 5.45. The molecule has 0 radical (unpaired) electrons. The molecule has 1 aromatic carbocycles. The summed E-state index contributed by atoms with van der Waals surface area (Å²) in [6.45, 7) is 4.26. The second-order valence-electron chi connectivity index (χ2n) is 5.00. The molecule has 0 fully saturated rings. The van der Waals surface area contributed by atoms with Gasteiger partial charge in [-0.05, 0) is 49.7 Å². The topological polar surface area (TPSA) is 43.4 Å². The second-order valence-corrected chi connectivity index (χ2v) is 5.00. The summed E-state index contributed by atoms with van der Waals surface area (Å²) in [6.07, 6.45) is 3.62. The number of hydrogen-bond donors (Lipinski definition) is 1. The third kappa shape index (κ3) is 3.73. The van der Waals surface area contributed by atoms with Crippen LogP contribution in [0.2, 0.25) is 0 Å². The van der Waals surface area contributed by atoms with Gasteiger partial charge in [0.05, 0.1) is 14.2 Å². The van der Waals surface area contributed by atoms with Crippen LogP contribution in [-0.4, -0.2) is 19.2 Å². The third-order valence-corrected chi connectivity index (χ3v) is 3.61. The van der Waals surface area contributed by atoms with Crippen molar-refractivity contribution in [2.45, 2.75) is 25.9 Å². The van der Waals surface area contributed by atoms with Crippen molar-refractivity contribution in [2.75, 3.05) is 14.2 Å². The average molecular weight is 286 g/mol. The SMILES string of the molecule is COc1ccc(OC)c(C(C)NC(C)c2ccncc2)c1. The first-order valence-corrected chi connectivity index (χ1v) is 7.03. The number of nitrogens with one attached hydrogen (secondary N) is 1. The highest BCUT2D eigenvalue weighted by Crippen LogP contribution is 2.30. The zero-order valence-corrected chi connectivity index (χ0v) is 13.0. The molecule has 2 atom stereocenters. The van der Waals surface area contributed by atoms with Crippen LogP contribution in [0.4, 0.5) is 0 Å². The van der Waals surface area contributed by atoms with Crippen molar-refractivity contribution >= 4 is 0 Å². The smallest absolute Gasteiger partial charge is 0.123 e. The van der Waals surface area contributed by atoms with Crippen LogP contribution in [0.15, 0.2) is 42.7 Å². The molecule has 0 saturated carbocycles. The van der Waals surface area contributed by atoms with Gasteiger partial charge in [0, 0.05) is 30.0 Å². The minimum absolute atomic E-state index is 0.137. The molecule has 0 amide bonds. The molecule has 4 heteroatoms. The average Bonchev–Trinajstić information content (AvgIpc) is 2.54. The maximum atomic E-state index is 5.45. The molecule has 0 spiro atoms. The van der Waals surface area contributed by atoms with Gasteiger partial charge in [0.25, 0.3) is 0 Å². The summed E-state index contributed by atoms with van der Waals surface area (Å²) in [5, 5.41) is 3.58. The monoisotopic (exact) mass is 286 g/mol. The van der Waals surface area contributed by atoms with E-state index < -0.39 is 0 Å². The molecule has 2 unspecified atom stereocenters. The molecule has 1 aromatic heterocycles. The Labute approximate surface area is 126 Å². The lowest BCUT2D eigenvalue weighted by atomic mass is 10.0. The molecule has 2 rings (SSSR count). The summed E-state index contributed by atoms with van der Waals surface area (Å²) in [7, 11) is 3.35. The van der Waals surface area contributed by atoms with Crippen LogP contribution < -0.4 is 14.8 Å². The fourth-order valence-electron chi connectivity index (χ4n) is 2.39. The Morgan fingerprint density at radius 3 is 2.29 bits per heavy atom. The van der Waals surface area contributed by atoms with Gasteiger partial charge < -0.3 is 14.8 Å². The lowest BCUT2D eigenvalue weighted by Gasteiger charge is -2.22. The third-order valence-electron chi connectivity index (χ3n) is 3.61. The van der Waals surface area contributed by atoms with E-state index in [0.717, 1.165) is 17.1 Å². The highest BCUT2D eigenvalue weighted by atomic mass is 16.5. The molecule has 0 aliphatic rings. The van der Waals surface area contributed by atoms with Crippen molar-refractivity contribution in [3.05, 3.63) is 53.9 Å². The van der Waals surface area contributed by atoms with Crippen molar-refractivity contribution in [2.24, 2.45) is 0 Å². The Balaban J connectivity index is 2.18.